The van der Waals surface area contributed by atoms with E-state index in [0.29, 0.717) is 11.6 Å². The number of H-pyrrole nitrogens is 1. The molecule has 0 saturated heterocycles. The molecule has 0 amide bonds. The van der Waals surface area contributed by atoms with E-state index in [1.54, 1.807) is 6.42 Å². The molecule has 0 saturated carbocycles. The minimum absolute atomic E-state index is 0.166. The topological polar surface area (TPSA) is 68.1 Å². The summed E-state index contributed by atoms with van der Waals surface area (Å²) in [7, 11) is 0. The lowest BCUT2D eigenvalue weighted by atomic mass is 10.2. The summed E-state index contributed by atoms with van der Waals surface area (Å²) >= 11 is 0. The Kier molecular flexibility index (Phi) is 2.95. The summed E-state index contributed by atoms with van der Waals surface area (Å²) < 4.78 is 9.71. The molecule has 5 nitrogen and oxygen atoms in total. The van der Waals surface area contributed by atoms with Gasteiger partial charge in [-0.15, -0.1) is 6.42 Å². The molecule has 0 radical (unpaired) electrons. The first-order chi connectivity index (χ1) is 7.78. The molecule has 2 rings (SSSR count). The molecule has 1 heterocycles. The zero-order chi connectivity index (χ0) is 11.4. The Balaban J connectivity index is 1.96. The fourth-order valence-electron chi connectivity index (χ4n) is 1.17. The van der Waals surface area contributed by atoms with Gasteiger partial charge in [0.05, 0.1) is 5.56 Å². The Morgan fingerprint density at radius 2 is 2.19 bits per heavy atom. The molecule has 2 aromatic rings. The molecule has 5 heteroatoms. The fourth-order valence-corrected chi connectivity index (χ4v) is 1.17. The van der Waals surface area contributed by atoms with Crippen LogP contribution in [0.3, 0.4) is 0 Å². The SMILES string of the molecule is [CH2-][CH+]c1ccc(OCc2noc(=O)[nH]2)cc1. The molecular weight excluding hydrogens is 208 g/mol. The molecule has 0 unspecified atom stereocenters. The molecule has 0 aliphatic heterocycles. The van der Waals surface area contributed by atoms with E-state index in [2.05, 4.69) is 21.6 Å². The van der Waals surface area contributed by atoms with Crippen LogP contribution in [0.2, 0.25) is 0 Å². The molecule has 0 atom stereocenters. The number of aromatic nitrogens is 2. The van der Waals surface area contributed by atoms with E-state index in [9.17, 15) is 4.79 Å². The maximum atomic E-state index is 10.6. The van der Waals surface area contributed by atoms with Crippen molar-refractivity contribution < 1.29 is 9.26 Å². The number of ether oxygens (including phenoxy) is 1. The van der Waals surface area contributed by atoms with Crippen LogP contribution in [0.25, 0.3) is 0 Å². The van der Waals surface area contributed by atoms with Gasteiger partial charge in [-0.3, -0.25) is 16.4 Å². The predicted octanol–water partition coefficient (Wildman–Crippen LogP) is 1.33. The summed E-state index contributed by atoms with van der Waals surface area (Å²) in [4.78, 5) is 13.0. The van der Waals surface area contributed by atoms with Crippen molar-refractivity contribution in [2.24, 2.45) is 0 Å². The van der Waals surface area contributed by atoms with Gasteiger partial charge in [0.1, 0.15) is 12.4 Å². The van der Waals surface area contributed by atoms with Crippen LogP contribution in [0.1, 0.15) is 11.4 Å². The number of benzene rings is 1. The fraction of sp³-hybridized carbons (Fsp3) is 0.0909. The van der Waals surface area contributed by atoms with Gasteiger partial charge in [-0.25, -0.2) is 4.79 Å². The second kappa shape index (κ2) is 4.57. The van der Waals surface area contributed by atoms with Crippen LogP contribution in [-0.4, -0.2) is 10.1 Å². The first-order valence-electron chi connectivity index (χ1n) is 4.68. The van der Waals surface area contributed by atoms with E-state index in [1.807, 2.05) is 24.3 Å². The van der Waals surface area contributed by atoms with Gasteiger partial charge in [0.25, 0.3) is 0 Å². The van der Waals surface area contributed by atoms with Crippen LogP contribution in [0, 0.1) is 13.3 Å². The van der Waals surface area contributed by atoms with Crippen LogP contribution in [0.4, 0.5) is 0 Å². The molecule has 0 aliphatic carbocycles. The van der Waals surface area contributed by atoms with Crippen molar-refractivity contribution in [2.75, 3.05) is 0 Å². The van der Waals surface area contributed by atoms with Crippen molar-refractivity contribution in [3.63, 3.8) is 0 Å². The Bertz CT molecular complexity index is 498. The normalized spacial score (nSPS) is 10.1. The summed E-state index contributed by atoms with van der Waals surface area (Å²) in [5.41, 5.74) is 1.02. The van der Waals surface area contributed by atoms with Gasteiger partial charge in [-0.1, -0.05) is 5.16 Å². The van der Waals surface area contributed by atoms with Gasteiger partial charge in [0.15, 0.2) is 5.82 Å². The maximum absolute atomic E-state index is 10.6. The predicted molar refractivity (Wildman–Crippen MR) is 56.7 cm³/mol. The van der Waals surface area contributed by atoms with Gasteiger partial charge in [-0.2, -0.15) is 0 Å². The average Bonchev–Trinajstić information content (AvgIpc) is 2.73. The Morgan fingerprint density at radius 3 is 2.75 bits per heavy atom. The van der Waals surface area contributed by atoms with Crippen LogP contribution < -0.4 is 10.5 Å². The highest BCUT2D eigenvalue weighted by Crippen LogP contribution is 2.13. The van der Waals surface area contributed by atoms with E-state index in [4.69, 9.17) is 4.74 Å². The first kappa shape index (κ1) is 10.4. The summed E-state index contributed by atoms with van der Waals surface area (Å²) in [5, 5.41) is 3.48. The summed E-state index contributed by atoms with van der Waals surface area (Å²) in [6.07, 6.45) is 1.75. The van der Waals surface area contributed by atoms with Crippen molar-refractivity contribution in [1.29, 1.82) is 0 Å². The first-order valence-corrected chi connectivity index (χ1v) is 4.68. The van der Waals surface area contributed by atoms with Gasteiger partial charge in [0.2, 0.25) is 0 Å². The van der Waals surface area contributed by atoms with E-state index >= 15 is 0 Å². The van der Waals surface area contributed by atoms with Crippen LogP contribution in [-0.2, 0) is 6.61 Å². The standard InChI is InChI=1S/C11H10N2O3/c1-2-8-3-5-9(6-4-8)15-7-10-12-11(14)16-13-10/h2-6H,1,7H2,(H,12,13,14). The van der Waals surface area contributed by atoms with E-state index in [-0.39, 0.29) is 6.61 Å². The van der Waals surface area contributed by atoms with E-state index in [0.717, 1.165) is 5.56 Å². The average molecular weight is 218 g/mol. The smallest absolute Gasteiger partial charge is 0.439 e. The van der Waals surface area contributed by atoms with Crippen molar-refractivity contribution in [2.45, 2.75) is 6.61 Å². The summed E-state index contributed by atoms with van der Waals surface area (Å²) in [5.74, 6) is 0.466. The molecule has 16 heavy (non-hydrogen) atoms. The Morgan fingerprint density at radius 1 is 1.44 bits per heavy atom. The third-order valence-corrected chi connectivity index (χ3v) is 1.98. The Labute approximate surface area is 92.0 Å². The number of nitrogens with one attached hydrogen (secondary N) is 1. The maximum Gasteiger partial charge on any atom is 0.439 e. The molecule has 1 aromatic heterocycles. The zero-order valence-electron chi connectivity index (χ0n) is 8.47. The highest BCUT2D eigenvalue weighted by molar-refractivity contribution is 5.31. The van der Waals surface area contributed by atoms with Crippen LogP contribution >= 0.6 is 0 Å². The molecule has 0 bridgehead atoms. The second-order valence-corrected chi connectivity index (χ2v) is 3.10. The van der Waals surface area contributed by atoms with Gasteiger partial charge < -0.3 is 4.74 Å². The minimum atomic E-state index is -0.583. The van der Waals surface area contributed by atoms with Gasteiger partial charge in [0, 0.05) is 24.3 Å². The number of rotatable bonds is 4. The molecule has 0 spiro atoms. The largest absolute Gasteiger partial charge is 0.483 e. The summed E-state index contributed by atoms with van der Waals surface area (Å²) in [6, 6.07) is 7.39. The van der Waals surface area contributed by atoms with Gasteiger partial charge >= 0.3 is 5.76 Å². The molecule has 0 aliphatic rings. The summed E-state index contributed by atoms with van der Waals surface area (Å²) in [6.45, 7) is 3.82. The number of hydrogen-bond donors (Lipinski definition) is 1. The lowest BCUT2D eigenvalue weighted by Gasteiger charge is -2.01. The molecule has 1 N–H and O–H groups in total. The third kappa shape index (κ3) is 2.44. The lowest BCUT2D eigenvalue weighted by molar-refractivity contribution is 0.285. The molecular formula is C11H10N2O3. The van der Waals surface area contributed by atoms with Gasteiger partial charge in [-0.05, 0) is 0 Å². The van der Waals surface area contributed by atoms with Crippen molar-refractivity contribution in [1.82, 2.24) is 10.1 Å². The molecule has 1 aromatic carbocycles. The quantitative estimate of drug-likeness (QED) is 0.786. The third-order valence-electron chi connectivity index (χ3n) is 1.98. The Hall–Kier alpha value is -2.17. The van der Waals surface area contributed by atoms with Crippen molar-refractivity contribution in [3.8, 4) is 5.75 Å². The number of nitrogens with zero attached hydrogens (tertiary/aromatic N) is 1. The highest BCUT2D eigenvalue weighted by atomic mass is 16.5. The highest BCUT2D eigenvalue weighted by Gasteiger charge is 2.03. The molecule has 82 valence electrons. The van der Waals surface area contributed by atoms with Crippen molar-refractivity contribution in [3.05, 3.63) is 59.5 Å². The van der Waals surface area contributed by atoms with E-state index < -0.39 is 5.76 Å². The monoisotopic (exact) mass is 218 g/mol. The van der Waals surface area contributed by atoms with E-state index in [1.165, 1.54) is 0 Å². The lowest BCUT2D eigenvalue weighted by Crippen LogP contribution is -2.01. The zero-order valence-corrected chi connectivity index (χ0v) is 8.47. The van der Waals surface area contributed by atoms with Crippen molar-refractivity contribution >= 4 is 0 Å². The minimum Gasteiger partial charge on any atom is -0.483 e. The number of hydrogen-bond acceptors (Lipinski definition) is 4. The second-order valence-electron chi connectivity index (χ2n) is 3.10. The number of aromatic amines is 1. The molecule has 0 fully saturated rings. The van der Waals surface area contributed by atoms with Crippen LogP contribution in [0.5, 0.6) is 5.75 Å². The van der Waals surface area contributed by atoms with Crippen LogP contribution in [0.15, 0.2) is 33.6 Å².